The SMILES string of the molecule is CCOC(OCC)C(C)=C=C(C)C. The molecule has 0 amide bonds. The predicted octanol–water partition coefficient (Wildman–Crippen LogP) is 2.90. The molecule has 2 nitrogen and oxygen atoms in total. The van der Waals surface area contributed by atoms with Crippen LogP contribution in [0.5, 0.6) is 0 Å². The Balaban J connectivity index is 4.44. The van der Waals surface area contributed by atoms with Crippen LogP contribution in [0.1, 0.15) is 34.6 Å². The Morgan fingerprint density at radius 1 is 1.08 bits per heavy atom. The number of hydrogen-bond acceptors (Lipinski definition) is 2. The van der Waals surface area contributed by atoms with Gasteiger partial charge >= 0.3 is 0 Å². The molecule has 2 heteroatoms. The molecule has 0 rings (SSSR count). The highest BCUT2D eigenvalue weighted by Crippen LogP contribution is 2.07. The molecule has 13 heavy (non-hydrogen) atoms. The van der Waals surface area contributed by atoms with Crippen molar-refractivity contribution >= 4 is 0 Å². The Hall–Kier alpha value is -0.560. The summed E-state index contributed by atoms with van der Waals surface area (Å²) in [6, 6.07) is 0. The van der Waals surface area contributed by atoms with Crippen molar-refractivity contribution < 1.29 is 9.47 Å². The van der Waals surface area contributed by atoms with Gasteiger partial charge in [-0.1, -0.05) is 0 Å². The van der Waals surface area contributed by atoms with Crippen molar-refractivity contribution in [3.8, 4) is 0 Å². The van der Waals surface area contributed by atoms with Crippen molar-refractivity contribution in [2.24, 2.45) is 0 Å². The van der Waals surface area contributed by atoms with Crippen LogP contribution in [-0.2, 0) is 9.47 Å². The van der Waals surface area contributed by atoms with E-state index in [9.17, 15) is 0 Å². The van der Waals surface area contributed by atoms with Gasteiger partial charge in [-0.25, -0.2) is 0 Å². The Morgan fingerprint density at radius 3 is 1.85 bits per heavy atom. The average Bonchev–Trinajstić information content (AvgIpc) is 2.02. The van der Waals surface area contributed by atoms with Gasteiger partial charge in [-0.2, -0.15) is 0 Å². The summed E-state index contributed by atoms with van der Waals surface area (Å²) >= 11 is 0. The molecule has 0 aromatic rings. The van der Waals surface area contributed by atoms with Crippen LogP contribution in [0.15, 0.2) is 16.9 Å². The number of rotatable bonds is 5. The van der Waals surface area contributed by atoms with Gasteiger partial charge in [-0.15, -0.1) is 5.73 Å². The van der Waals surface area contributed by atoms with Crippen LogP contribution < -0.4 is 0 Å². The molecule has 0 atom stereocenters. The van der Waals surface area contributed by atoms with E-state index in [1.165, 1.54) is 0 Å². The first-order chi connectivity index (χ1) is 6.11. The Labute approximate surface area is 81.2 Å². The summed E-state index contributed by atoms with van der Waals surface area (Å²) in [5.41, 5.74) is 5.34. The molecule has 0 aliphatic carbocycles. The lowest BCUT2D eigenvalue weighted by molar-refractivity contribution is -0.111. The van der Waals surface area contributed by atoms with Gasteiger partial charge in [0, 0.05) is 18.8 Å². The van der Waals surface area contributed by atoms with Crippen LogP contribution >= 0.6 is 0 Å². The largest absolute Gasteiger partial charge is 0.348 e. The van der Waals surface area contributed by atoms with E-state index in [0.717, 1.165) is 11.1 Å². The zero-order valence-corrected chi connectivity index (χ0v) is 9.31. The van der Waals surface area contributed by atoms with Gasteiger partial charge in [0.1, 0.15) is 0 Å². The number of ether oxygens (including phenoxy) is 2. The van der Waals surface area contributed by atoms with Crippen molar-refractivity contribution in [2.75, 3.05) is 13.2 Å². The van der Waals surface area contributed by atoms with Gasteiger partial charge in [0.25, 0.3) is 0 Å². The van der Waals surface area contributed by atoms with Crippen LogP contribution in [0.3, 0.4) is 0 Å². The van der Waals surface area contributed by atoms with Crippen LogP contribution in [0.4, 0.5) is 0 Å². The van der Waals surface area contributed by atoms with Crippen LogP contribution in [0, 0.1) is 0 Å². The average molecular weight is 184 g/mol. The van der Waals surface area contributed by atoms with Gasteiger partial charge in [0.2, 0.25) is 0 Å². The third-order valence-corrected chi connectivity index (χ3v) is 1.44. The molecule has 76 valence electrons. The summed E-state index contributed by atoms with van der Waals surface area (Å²) in [6.45, 7) is 11.2. The van der Waals surface area contributed by atoms with Crippen LogP contribution in [-0.4, -0.2) is 19.5 Å². The molecule has 0 aliphatic heterocycles. The van der Waals surface area contributed by atoms with Crippen molar-refractivity contribution in [1.29, 1.82) is 0 Å². The normalized spacial score (nSPS) is 10.0. The zero-order chi connectivity index (χ0) is 10.3. The van der Waals surface area contributed by atoms with Crippen molar-refractivity contribution in [2.45, 2.75) is 40.9 Å². The smallest absolute Gasteiger partial charge is 0.186 e. The molecule has 0 saturated carbocycles. The molecule has 0 unspecified atom stereocenters. The molecule has 0 aromatic heterocycles. The van der Waals surface area contributed by atoms with Crippen LogP contribution in [0.2, 0.25) is 0 Å². The Bertz CT molecular complexity index is 190. The molecule has 0 bridgehead atoms. The topological polar surface area (TPSA) is 18.5 Å². The van der Waals surface area contributed by atoms with E-state index in [1.807, 2.05) is 34.6 Å². The summed E-state index contributed by atoms with van der Waals surface area (Å²) in [4.78, 5) is 0. The van der Waals surface area contributed by atoms with E-state index in [4.69, 9.17) is 9.47 Å². The molecule has 0 saturated heterocycles. The summed E-state index contributed by atoms with van der Waals surface area (Å²) < 4.78 is 10.8. The summed E-state index contributed by atoms with van der Waals surface area (Å²) in [5.74, 6) is 0. The maximum absolute atomic E-state index is 5.41. The molecule has 0 aromatic carbocycles. The molecule has 0 spiro atoms. The summed E-state index contributed by atoms with van der Waals surface area (Å²) in [5, 5.41) is 0. The minimum atomic E-state index is -0.232. The lowest BCUT2D eigenvalue weighted by Gasteiger charge is -2.15. The lowest BCUT2D eigenvalue weighted by atomic mass is 10.2. The molecule has 0 heterocycles. The molecule has 0 radical (unpaired) electrons. The Morgan fingerprint density at radius 2 is 1.54 bits per heavy atom. The fourth-order valence-corrected chi connectivity index (χ4v) is 1.05. The van der Waals surface area contributed by atoms with Gasteiger partial charge in [-0.05, 0) is 40.2 Å². The lowest BCUT2D eigenvalue weighted by Crippen LogP contribution is -2.18. The van der Waals surface area contributed by atoms with Gasteiger partial charge in [0.15, 0.2) is 6.29 Å². The molecular weight excluding hydrogens is 164 g/mol. The van der Waals surface area contributed by atoms with Crippen molar-refractivity contribution in [3.63, 3.8) is 0 Å². The van der Waals surface area contributed by atoms with Gasteiger partial charge in [-0.3, -0.25) is 0 Å². The van der Waals surface area contributed by atoms with E-state index in [-0.39, 0.29) is 6.29 Å². The van der Waals surface area contributed by atoms with E-state index in [2.05, 4.69) is 5.73 Å². The third kappa shape index (κ3) is 5.64. The fraction of sp³-hybridized carbons (Fsp3) is 0.727. The van der Waals surface area contributed by atoms with Crippen molar-refractivity contribution in [1.82, 2.24) is 0 Å². The first kappa shape index (κ1) is 12.4. The molecule has 0 N–H and O–H groups in total. The fourth-order valence-electron chi connectivity index (χ4n) is 1.05. The maximum Gasteiger partial charge on any atom is 0.186 e. The monoisotopic (exact) mass is 184 g/mol. The standard InChI is InChI=1S/C11H20O2/c1-6-12-11(13-7-2)10(5)8-9(3)4/h11H,6-7H2,1-5H3. The van der Waals surface area contributed by atoms with E-state index >= 15 is 0 Å². The van der Waals surface area contributed by atoms with E-state index in [1.54, 1.807) is 0 Å². The van der Waals surface area contributed by atoms with Gasteiger partial charge < -0.3 is 9.47 Å². The molecule has 0 fully saturated rings. The highest BCUT2D eigenvalue weighted by atomic mass is 16.7. The summed E-state index contributed by atoms with van der Waals surface area (Å²) in [7, 11) is 0. The first-order valence-electron chi connectivity index (χ1n) is 4.75. The highest BCUT2D eigenvalue weighted by Gasteiger charge is 2.08. The first-order valence-corrected chi connectivity index (χ1v) is 4.75. The third-order valence-electron chi connectivity index (χ3n) is 1.44. The van der Waals surface area contributed by atoms with E-state index < -0.39 is 0 Å². The second kappa shape index (κ2) is 6.90. The number of hydrogen-bond donors (Lipinski definition) is 0. The highest BCUT2D eigenvalue weighted by molar-refractivity contribution is 5.06. The second-order valence-electron chi connectivity index (χ2n) is 3.05. The molecule has 0 aliphatic rings. The van der Waals surface area contributed by atoms with Crippen molar-refractivity contribution in [3.05, 3.63) is 16.9 Å². The Kier molecular flexibility index (Phi) is 6.61. The minimum absolute atomic E-state index is 0.232. The zero-order valence-electron chi connectivity index (χ0n) is 9.31. The predicted molar refractivity (Wildman–Crippen MR) is 54.6 cm³/mol. The van der Waals surface area contributed by atoms with Crippen LogP contribution in [0.25, 0.3) is 0 Å². The molecular formula is C11H20O2. The maximum atomic E-state index is 5.41. The summed E-state index contributed by atoms with van der Waals surface area (Å²) in [6.07, 6.45) is -0.232. The quantitative estimate of drug-likeness (QED) is 0.483. The van der Waals surface area contributed by atoms with Gasteiger partial charge in [0.05, 0.1) is 0 Å². The minimum Gasteiger partial charge on any atom is -0.348 e. The van der Waals surface area contributed by atoms with E-state index in [0.29, 0.717) is 13.2 Å². The second-order valence-corrected chi connectivity index (χ2v) is 3.05.